The van der Waals surface area contributed by atoms with E-state index in [1.807, 2.05) is 0 Å². The highest BCUT2D eigenvalue weighted by Crippen LogP contribution is 2.36. The molecule has 3 nitrogen and oxygen atoms in total. The first-order chi connectivity index (χ1) is 6.75. The summed E-state index contributed by atoms with van der Waals surface area (Å²) in [5.41, 5.74) is -3.14. The highest BCUT2D eigenvalue weighted by Gasteiger charge is 2.39. The molecule has 0 aromatic heterocycles. The summed E-state index contributed by atoms with van der Waals surface area (Å²) in [6.07, 6.45) is -4.93. The van der Waals surface area contributed by atoms with E-state index in [2.05, 4.69) is 0 Å². The number of alkyl halides is 3. The average molecular weight is 223 g/mol. The maximum Gasteiger partial charge on any atom is 0.419 e. The number of nitrogens with zero attached hydrogens (tertiary/aromatic N) is 1. The van der Waals surface area contributed by atoms with Crippen LogP contribution in [0.15, 0.2) is 12.1 Å². The Kier molecular flexibility index (Phi) is 2.65. The zero-order chi connectivity index (χ0) is 11.8. The summed E-state index contributed by atoms with van der Waals surface area (Å²) < 4.78 is 50.0. The van der Waals surface area contributed by atoms with Gasteiger partial charge in [-0.2, -0.15) is 17.6 Å². The Balaban J connectivity index is 3.51. The summed E-state index contributed by atoms with van der Waals surface area (Å²) >= 11 is 0. The summed E-state index contributed by atoms with van der Waals surface area (Å²) in [7, 11) is 0. The molecule has 0 unspecified atom stereocenters. The van der Waals surface area contributed by atoms with Gasteiger partial charge in [-0.05, 0) is 12.5 Å². The van der Waals surface area contributed by atoms with Gasteiger partial charge in [0.2, 0.25) is 5.82 Å². The molecule has 0 spiro atoms. The molecular weight excluding hydrogens is 218 g/mol. The van der Waals surface area contributed by atoms with Crippen LogP contribution in [0.2, 0.25) is 0 Å². The minimum atomic E-state index is -4.93. The van der Waals surface area contributed by atoms with Gasteiger partial charge in [0.25, 0.3) is 0 Å². The van der Waals surface area contributed by atoms with Gasteiger partial charge in [-0.3, -0.25) is 10.1 Å². The van der Waals surface area contributed by atoms with Crippen LogP contribution >= 0.6 is 0 Å². The van der Waals surface area contributed by atoms with Crippen molar-refractivity contribution in [3.63, 3.8) is 0 Å². The zero-order valence-corrected chi connectivity index (χ0v) is 7.43. The topological polar surface area (TPSA) is 43.1 Å². The van der Waals surface area contributed by atoms with Gasteiger partial charge in [0.15, 0.2) is 0 Å². The van der Waals surface area contributed by atoms with Crippen LogP contribution in [0.25, 0.3) is 0 Å². The van der Waals surface area contributed by atoms with Gasteiger partial charge in [-0.25, -0.2) is 0 Å². The standard InChI is InChI=1S/C8H5F4NO2/c1-4-2-3-5(13(14)15)7(9)6(4)8(10,11)12/h2-3H,1H3. The lowest BCUT2D eigenvalue weighted by atomic mass is 10.1. The number of aryl methyl sites for hydroxylation is 1. The predicted octanol–water partition coefficient (Wildman–Crippen LogP) is 3.06. The largest absolute Gasteiger partial charge is 0.419 e. The molecule has 0 saturated heterocycles. The molecule has 0 bridgehead atoms. The predicted molar refractivity (Wildman–Crippen MR) is 42.8 cm³/mol. The number of nitro groups is 1. The molecule has 7 heteroatoms. The first-order valence-corrected chi connectivity index (χ1v) is 3.76. The van der Waals surface area contributed by atoms with Crippen LogP contribution in [0.4, 0.5) is 23.2 Å². The van der Waals surface area contributed by atoms with Gasteiger partial charge in [-0.15, -0.1) is 0 Å². The third kappa shape index (κ3) is 2.05. The summed E-state index contributed by atoms with van der Waals surface area (Å²) in [5.74, 6) is -1.84. The van der Waals surface area contributed by atoms with E-state index in [1.54, 1.807) is 0 Å². The SMILES string of the molecule is Cc1ccc([N+](=O)[O-])c(F)c1C(F)(F)F. The number of hydrogen-bond acceptors (Lipinski definition) is 2. The Morgan fingerprint density at radius 1 is 1.33 bits per heavy atom. The van der Waals surface area contributed by atoms with Crippen LogP contribution in [0, 0.1) is 22.9 Å². The summed E-state index contributed by atoms with van der Waals surface area (Å²) in [6.45, 7) is 1.04. The second-order valence-electron chi connectivity index (χ2n) is 2.85. The molecule has 15 heavy (non-hydrogen) atoms. The van der Waals surface area contributed by atoms with Crippen molar-refractivity contribution in [2.45, 2.75) is 13.1 Å². The van der Waals surface area contributed by atoms with Crippen molar-refractivity contribution >= 4 is 5.69 Å². The fraction of sp³-hybridized carbons (Fsp3) is 0.250. The van der Waals surface area contributed by atoms with Crippen molar-refractivity contribution < 1.29 is 22.5 Å². The van der Waals surface area contributed by atoms with Crippen LogP contribution in [-0.4, -0.2) is 4.92 Å². The van der Waals surface area contributed by atoms with Crippen molar-refractivity contribution in [2.24, 2.45) is 0 Å². The lowest BCUT2D eigenvalue weighted by Crippen LogP contribution is -2.12. The molecule has 0 N–H and O–H groups in total. The molecule has 1 aromatic carbocycles. The number of halogens is 4. The highest BCUT2D eigenvalue weighted by molar-refractivity contribution is 5.42. The first-order valence-electron chi connectivity index (χ1n) is 3.76. The van der Waals surface area contributed by atoms with Gasteiger partial charge in [0.1, 0.15) is 5.56 Å². The number of benzene rings is 1. The summed E-state index contributed by atoms with van der Waals surface area (Å²) in [6, 6.07) is 1.57. The van der Waals surface area contributed by atoms with E-state index in [0.29, 0.717) is 6.07 Å². The molecule has 0 atom stereocenters. The second-order valence-corrected chi connectivity index (χ2v) is 2.85. The van der Waals surface area contributed by atoms with Crippen LogP contribution in [0.5, 0.6) is 0 Å². The van der Waals surface area contributed by atoms with E-state index in [1.165, 1.54) is 0 Å². The molecule has 0 aliphatic heterocycles. The average Bonchev–Trinajstić information content (AvgIpc) is 2.00. The highest BCUT2D eigenvalue weighted by atomic mass is 19.4. The van der Waals surface area contributed by atoms with Crippen molar-refractivity contribution in [1.29, 1.82) is 0 Å². The van der Waals surface area contributed by atoms with E-state index in [-0.39, 0.29) is 5.56 Å². The van der Waals surface area contributed by atoms with Crippen molar-refractivity contribution in [2.75, 3.05) is 0 Å². The molecule has 0 aliphatic rings. The smallest absolute Gasteiger partial charge is 0.258 e. The Labute approximate surface area is 81.5 Å². The van der Waals surface area contributed by atoms with Gasteiger partial charge in [-0.1, -0.05) is 6.07 Å². The lowest BCUT2D eigenvalue weighted by molar-refractivity contribution is -0.387. The molecule has 0 fully saturated rings. The Bertz CT molecular complexity index is 414. The molecule has 0 radical (unpaired) electrons. The van der Waals surface area contributed by atoms with Crippen LogP contribution in [0.1, 0.15) is 11.1 Å². The molecule has 0 amide bonds. The summed E-state index contributed by atoms with van der Waals surface area (Å²) in [5, 5.41) is 10.2. The van der Waals surface area contributed by atoms with E-state index < -0.39 is 28.2 Å². The first kappa shape index (κ1) is 11.4. The summed E-state index contributed by atoms with van der Waals surface area (Å²) in [4.78, 5) is 9.02. The van der Waals surface area contributed by atoms with E-state index in [9.17, 15) is 27.7 Å². The Hall–Kier alpha value is -1.66. The van der Waals surface area contributed by atoms with Crippen molar-refractivity contribution in [3.05, 3.63) is 39.2 Å². The zero-order valence-electron chi connectivity index (χ0n) is 7.43. The third-order valence-electron chi connectivity index (χ3n) is 1.81. The lowest BCUT2D eigenvalue weighted by Gasteiger charge is -2.10. The number of hydrogen-bond donors (Lipinski definition) is 0. The van der Waals surface area contributed by atoms with E-state index in [4.69, 9.17) is 0 Å². The molecule has 82 valence electrons. The van der Waals surface area contributed by atoms with Gasteiger partial charge >= 0.3 is 11.9 Å². The van der Waals surface area contributed by atoms with Crippen molar-refractivity contribution in [1.82, 2.24) is 0 Å². The van der Waals surface area contributed by atoms with Crippen LogP contribution in [0.3, 0.4) is 0 Å². The van der Waals surface area contributed by atoms with Gasteiger partial charge in [0.05, 0.1) is 4.92 Å². The number of nitro benzene ring substituents is 1. The fourth-order valence-corrected chi connectivity index (χ4v) is 1.15. The van der Waals surface area contributed by atoms with Gasteiger partial charge < -0.3 is 0 Å². The molecule has 0 aliphatic carbocycles. The second kappa shape index (κ2) is 3.48. The normalized spacial score (nSPS) is 11.5. The van der Waals surface area contributed by atoms with Crippen molar-refractivity contribution in [3.8, 4) is 0 Å². The Morgan fingerprint density at radius 2 is 1.87 bits per heavy atom. The fourth-order valence-electron chi connectivity index (χ4n) is 1.15. The quantitative estimate of drug-likeness (QED) is 0.417. The minimum absolute atomic E-state index is 0.384. The molecular formula is C8H5F4NO2. The Morgan fingerprint density at radius 3 is 2.27 bits per heavy atom. The maximum atomic E-state index is 13.1. The third-order valence-corrected chi connectivity index (χ3v) is 1.81. The van der Waals surface area contributed by atoms with Gasteiger partial charge in [0, 0.05) is 6.07 Å². The molecule has 1 aromatic rings. The molecule has 1 rings (SSSR count). The van der Waals surface area contributed by atoms with E-state index >= 15 is 0 Å². The van der Waals surface area contributed by atoms with Crippen LogP contribution in [-0.2, 0) is 6.18 Å². The van der Waals surface area contributed by atoms with Crippen LogP contribution < -0.4 is 0 Å². The molecule has 0 saturated carbocycles. The van der Waals surface area contributed by atoms with E-state index in [0.717, 1.165) is 13.0 Å². The number of rotatable bonds is 1. The maximum absolute atomic E-state index is 13.1. The minimum Gasteiger partial charge on any atom is -0.258 e. The monoisotopic (exact) mass is 223 g/mol. The molecule has 0 heterocycles.